The summed E-state index contributed by atoms with van der Waals surface area (Å²) >= 11 is 0. The summed E-state index contributed by atoms with van der Waals surface area (Å²) in [7, 11) is 0. The molecule has 0 aliphatic carbocycles. The molecule has 1 aliphatic heterocycles. The Balaban J connectivity index is 2.52. The molecule has 2 heterocycles. The van der Waals surface area contributed by atoms with E-state index in [1.165, 1.54) is 11.3 Å². The fraction of sp³-hybridized carbons (Fsp3) is 0.727. The Kier molecular flexibility index (Phi) is 1.60. The Morgan fingerprint density at radius 2 is 2.08 bits per heavy atom. The van der Waals surface area contributed by atoms with E-state index in [2.05, 4.69) is 44.4 Å². The maximum Gasteiger partial charge on any atom is 0.0600 e. The zero-order valence-corrected chi connectivity index (χ0v) is 9.13. The number of hydrogen-bond donors (Lipinski definition) is 0. The lowest BCUT2D eigenvalue weighted by atomic mass is 9.73. The van der Waals surface area contributed by atoms with Gasteiger partial charge < -0.3 is 0 Å². The highest BCUT2D eigenvalue weighted by molar-refractivity contribution is 5.35. The normalized spacial score (nSPS) is 24.3. The van der Waals surface area contributed by atoms with Crippen LogP contribution < -0.4 is 0 Å². The molecule has 0 radical (unpaired) electrons. The third kappa shape index (κ3) is 0.917. The Hall–Kier alpha value is -0.790. The van der Waals surface area contributed by atoms with Gasteiger partial charge in [0.2, 0.25) is 0 Å². The standard InChI is InChI=1S/C11H18N2/c1-7(2)9-6-12-13-8(3)11(4,5)10(9)13/h6-8H,1-5H3. The number of fused-ring (bicyclic) bond motifs is 1. The highest BCUT2D eigenvalue weighted by atomic mass is 15.3. The predicted molar refractivity (Wildman–Crippen MR) is 54.1 cm³/mol. The molecule has 72 valence electrons. The summed E-state index contributed by atoms with van der Waals surface area (Å²) in [4.78, 5) is 0. The van der Waals surface area contributed by atoms with Gasteiger partial charge in [0, 0.05) is 11.1 Å². The van der Waals surface area contributed by atoms with Crippen LogP contribution in [0.2, 0.25) is 0 Å². The molecule has 1 unspecified atom stereocenters. The largest absolute Gasteiger partial charge is 0.265 e. The van der Waals surface area contributed by atoms with Crippen molar-refractivity contribution in [3.63, 3.8) is 0 Å². The minimum absolute atomic E-state index is 0.316. The molecule has 2 heteroatoms. The first-order valence-electron chi connectivity index (χ1n) is 5.04. The van der Waals surface area contributed by atoms with Crippen LogP contribution in [0, 0.1) is 0 Å². The van der Waals surface area contributed by atoms with Gasteiger partial charge in [0.25, 0.3) is 0 Å². The average molecular weight is 178 g/mol. The maximum atomic E-state index is 4.42. The molecule has 2 rings (SSSR count). The highest BCUT2D eigenvalue weighted by Crippen LogP contribution is 2.47. The minimum Gasteiger partial charge on any atom is -0.265 e. The van der Waals surface area contributed by atoms with Gasteiger partial charge in [-0.25, -0.2) is 0 Å². The first kappa shape index (κ1) is 8.79. The average Bonchev–Trinajstić information content (AvgIpc) is 2.45. The van der Waals surface area contributed by atoms with Crippen molar-refractivity contribution < 1.29 is 0 Å². The van der Waals surface area contributed by atoms with Crippen LogP contribution in [0.1, 0.15) is 57.8 Å². The summed E-state index contributed by atoms with van der Waals surface area (Å²) in [6.45, 7) is 11.3. The first-order valence-corrected chi connectivity index (χ1v) is 5.04. The summed E-state index contributed by atoms with van der Waals surface area (Å²) < 4.78 is 2.16. The van der Waals surface area contributed by atoms with Crippen molar-refractivity contribution >= 4 is 0 Å². The van der Waals surface area contributed by atoms with Crippen LogP contribution in [0.5, 0.6) is 0 Å². The van der Waals surface area contributed by atoms with E-state index in [9.17, 15) is 0 Å². The molecule has 13 heavy (non-hydrogen) atoms. The van der Waals surface area contributed by atoms with Crippen LogP contribution in [-0.2, 0) is 5.41 Å². The van der Waals surface area contributed by atoms with E-state index in [-0.39, 0.29) is 0 Å². The molecule has 0 saturated carbocycles. The van der Waals surface area contributed by atoms with E-state index < -0.39 is 0 Å². The fourth-order valence-corrected chi connectivity index (χ4v) is 2.20. The molecule has 0 amide bonds. The third-order valence-electron chi connectivity index (χ3n) is 3.47. The Morgan fingerprint density at radius 1 is 1.46 bits per heavy atom. The lowest BCUT2D eigenvalue weighted by molar-refractivity contribution is 0.204. The number of aromatic nitrogens is 2. The van der Waals surface area contributed by atoms with E-state index in [4.69, 9.17) is 0 Å². The Labute approximate surface area is 80.0 Å². The zero-order valence-electron chi connectivity index (χ0n) is 9.13. The third-order valence-corrected chi connectivity index (χ3v) is 3.47. The van der Waals surface area contributed by atoms with Crippen molar-refractivity contribution in [2.24, 2.45) is 0 Å². The molecule has 2 nitrogen and oxygen atoms in total. The molecular formula is C11H18N2. The van der Waals surface area contributed by atoms with E-state index in [1.807, 2.05) is 6.20 Å². The van der Waals surface area contributed by atoms with Crippen LogP contribution >= 0.6 is 0 Å². The van der Waals surface area contributed by atoms with Crippen molar-refractivity contribution in [1.82, 2.24) is 9.78 Å². The smallest absolute Gasteiger partial charge is 0.0600 e. The summed E-state index contributed by atoms with van der Waals surface area (Å²) in [6.07, 6.45) is 2.03. The Morgan fingerprint density at radius 3 is 2.62 bits per heavy atom. The van der Waals surface area contributed by atoms with Crippen molar-refractivity contribution in [1.29, 1.82) is 0 Å². The Bertz CT molecular complexity index is 334. The SMILES string of the molecule is CC(C)c1cnn2c1C(C)(C)C2C. The van der Waals surface area contributed by atoms with Gasteiger partial charge in [0.1, 0.15) is 0 Å². The molecular weight excluding hydrogens is 160 g/mol. The van der Waals surface area contributed by atoms with Crippen LogP contribution in [0.15, 0.2) is 6.20 Å². The first-order chi connectivity index (χ1) is 5.96. The molecule has 1 atom stereocenters. The maximum absolute atomic E-state index is 4.42. The van der Waals surface area contributed by atoms with Crippen LogP contribution in [-0.4, -0.2) is 9.78 Å². The van der Waals surface area contributed by atoms with Gasteiger partial charge >= 0.3 is 0 Å². The number of hydrogen-bond acceptors (Lipinski definition) is 1. The molecule has 1 aromatic heterocycles. The number of rotatable bonds is 1. The summed E-state index contributed by atoms with van der Waals surface area (Å²) in [5, 5.41) is 4.42. The molecule has 0 saturated heterocycles. The molecule has 1 aromatic rings. The van der Waals surface area contributed by atoms with E-state index in [0.717, 1.165) is 0 Å². The lowest BCUT2D eigenvalue weighted by Crippen LogP contribution is -2.43. The van der Waals surface area contributed by atoms with Crippen molar-refractivity contribution in [2.45, 2.75) is 52.0 Å². The van der Waals surface area contributed by atoms with Gasteiger partial charge in [-0.2, -0.15) is 5.10 Å². The molecule has 0 N–H and O–H groups in total. The zero-order chi connectivity index (χ0) is 9.80. The summed E-state index contributed by atoms with van der Waals surface area (Å²) in [5.74, 6) is 0.593. The monoisotopic (exact) mass is 178 g/mol. The second-order valence-corrected chi connectivity index (χ2v) is 4.95. The van der Waals surface area contributed by atoms with Crippen molar-refractivity contribution in [2.75, 3.05) is 0 Å². The van der Waals surface area contributed by atoms with E-state index >= 15 is 0 Å². The fourth-order valence-electron chi connectivity index (χ4n) is 2.20. The summed E-state index contributed by atoms with van der Waals surface area (Å²) in [5.41, 5.74) is 3.17. The molecule has 0 aromatic carbocycles. The molecule has 0 bridgehead atoms. The van der Waals surface area contributed by atoms with Gasteiger partial charge in [-0.05, 0) is 18.4 Å². The van der Waals surface area contributed by atoms with Crippen LogP contribution in [0.3, 0.4) is 0 Å². The van der Waals surface area contributed by atoms with Gasteiger partial charge in [-0.15, -0.1) is 0 Å². The van der Waals surface area contributed by atoms with Gasteiger partial charge in [0.15, 0.2) is 0 Å². The minimum atomic E-state index is 0.316. The lowest BCUT2D eigenvalue weighted by Gasteiger charge is -2.44. The number of nitrogens with zero attached hydrogens (tertiary/aromatic N) is 2. The van der Waals surface area contributed by atoms with E-state index in [0.29, 0.717) is 17.4 Å². The van der Waals surface area contributed by atoms with Crippen LogP contribution in [0.4, 0.5) is 0 Å². The molecule has 0 spiro atoms. The second kappa shape index (κ2) is 2.37. The van der Waals surface area contributed by atoms with Gasteiger partial charge in [-0.1, -0.05) is 27.7 Å². The van der Waals surface area contributed by atoms with Crippen LogP contribution in [0.25, 0.3) is 0 Å². The quantitative estimate of drug-likeness (QED) is 0.646. The molecule has 0 fully saturated rings. The van der Waals surface area contributed by atoms with E-state index in [1.54, 1.807) is 0 Å². The summed E-state index contributed by atoms with van der Waals surface area (Å²) in [6, 6.07) is 0.551. The highest BCUT2D eigenvalue weighted by Gasteiger charge is 2.45. The van der Waals surface area contributed by atoms with Gasteiger partial charge in [0.05, 0.1) is 12.2 Å². The van der Waals surface area contributed by atoms with Crippen molar-refractivity contribution in [3.8, 4) is 0 Å². The van der Waals surface area contributed by atoms with Crippen molar-refractivity contribution in [3.05, 3.63) is 17.5 Å². The molecule has 1 aliphatic rings. The van der Waals surface area contributed by atoms with Gasteiger partial charge in [-0.3, -0.25) is 4.68 Å². The second-order valence-electron chi connectivity index (χ2n) is 4.95. The topological polar surface area (TPSA) is 17.8 Å². The predicted octanol–water partition coefficient (Wildman–Crippen LogP) is 2.86.